The summed E-state index contributed by atoms with van der Waals surface area (Å²) < 4.78 is 6.37. The van der Waals surface area contributed by atoms with E-state index < -0.39 is 0 Å². The van der Waals surface area contributed by atoms with Crippen molar-refractivity contribution in [3.63, 3.8) is 0 Å². The van der Waals surface area contributed by atoms with E-state index in [4.69, 9.17) is 14.6 Å². The van der Waals surface area contributed by atoms with Gasteiger partial charge in [-0.15, -0.1) is 11.3 Å². The Kier molecular flexibility index (Phi) is 6.50. The molecule has 0 atom stereocenters. The second kappa shape index (κ2) is 9.28. The minimum atomic E-state index is -0.250. The van der Waals surface area contributed by atoms with E-state index in [0.717, 1.165) is 82.0 Å². The van der Waals surface area contributed by atoms with Gasteiger partial charge in [-0.3, -0.25) is 14.5 Å². The molecule has 0 radical (unpaired) electrons. The molecule has 162 valence electrons. The lowest BCUT2D eigenvalue weighted by molar-refractivity contribution is -0.122. The molecule has 2 N–H and O–H groups in total. The van der Waals surface area contributed by atoms with E-state index in [1.807, 2.05) is 11.1 Å². The van der Waals surface area contributed by atoms with E-state index in [9.17, 15) is 4.79 Å². The highest BCUT2D eigenvalue weighted by molar-refractivity contribution is 7.14. The Morgan fingerprint density at radius 1 is 1.30 bits per heavy atom. The molecule has 3 aliphatic rings. The summed E-state index contributed by atoms with van der Waals surface area (Å²) >= 11 is 1.70. The molecular weight excluding hydrogens is 404 g/mol. The van der Waals surface area contributed by atoms with E-state index in [1.54, 1.807) is 17.7 Å². The topological polar surface area (TPSA) is 98.8 Å². The van der Waals surface area contributed by atoms with Gasteiger partial charge >= 0.3 is 0 Å². The molecule has 1 spiro atoms. The molecule has 9 heteroatoms. The number of aromatic amines is 1. The third-order valence-electron chi connectivity index (χ3n) is 6.22. The van der Waals surface area contributed by atoms with Crippen molar-refractivity contribution in [3.8, 4) is 0 Å². The van der Waals surface area contributed by atoms with Crippen LogP contribution in [0.15, 0.2) is 18.6 Å². The summed E-state index contributed by atoms with van der Waals surface area (Å²) in [5.41, 5.74) is 2.26. The molecule has 0 bridgehead atoms. The van der Waals surface area contributed by atoms with Crippen LogP contribution in [0.25, 0.3) is 0 Å². The quantitative estimate of drug-likeness (QED) is 0.723. The lowest BCUT2D eigenvalue weighted by Crippen LogP contribution is -2.45. The zero-order valence-corrected chi connectivity index (χ0v) is 17.8. The number of nitrogens with zero attached hydrogens (tertiary/aromatic N) is 3. The largest absolute Gasteiger partial charge is 0.483 e. The molecule has 0 aliphatic carbocycles. The van der Waals surface area contributed by atoms with Gasteiger partial charge in [0.2, 0.25) is 0 Å². The summed E-state index contributed by atoms with van der Waals surface area (Å²) in [5.74, 6) is 0.221. The number of piperidine rings is 1. The average molecular weight is 433 g/mol. The van der Waals surface area contributed by atoms with Gasteiger partial charge in [0.05, 0.1) is 23.4 Å². The van der Waals surface area contributed by atoms with E-state index in [1.165, 1.54) is 10.4 Å². The number of carboxylic acid groups (broad SMARTS) is 1. The smallest absolute Gasteiger partial charge is 0.290 e. The first-order valence-corrected chi connectivity index (χ1v) is 11.3. The number of rotatable bonds is 3. The molecule has 2 fully saturated rings. The van der Waals surface area contributed by atoms with Crippen LogP contribution in [-0.2, 0) is 28.1 Å². The molecule has 5 rings (SSSR count). The fourth-order valence-corrected chi connectivity index (χ4v) is 5.90. The van der Waals surface area contributed by atoms with E-state index in [0.29, 0.717) is 0 Å². The van der Waals surface area contributed by atoms with Crippen LogP contribution in [0.3, 0.4) is 0 Å². The second-order valence-corrected chi connectivity index (χ2v) is 9.13. The fourth-order valence-electron chi connectivity index (χ4n) is 4.70. The number of likely N-dealkylation sites (tertiary alicyclic amines) is 2. The molecule has 2 saturated heterocycles. The number of nitrogens with one attached hydrogen (secondary N) is 1. The maximum Gasteiger partial charge on any atom is 0.290 e. The van der Waals surface area contributed by atoms with Gasteiger partial charge in [0.15, 0.2) is 0 Å². The van der Waals surface area contributed by atoms with Crippen LogP contribution in [-0.4, -0.2) is 70.0 Å². The van der Waals surface area contributed by atoms with Crippen LogP contribution < -0.4 is 0 Å². The van der Waals surface area contributed by atoms with Gasteiger partial charge in [-0.1, -0.05) is 0 Å². The van der Waals surface area contributed by atoms with Crippen molar-refractivity contribution < 1.29 is 19.4 Å². The highest BCUT2D eigenvalue weighted by Crippen LogP contribution is 2.45. The Labute approximate surface area is 179 Å². The Morgan fingerprint density at radius 3 is 2.70 bits per heavy atom. The van der Waals surface area contributed by atoms with Crippen LogP contribution in [0.4, 0.5) is 0 Å². The van der Waals surface area contributed by atoms with Crippen LogP contribution in [0, 0.1) is 0 Å². The third kappa shape index (κ3) is 4.28. The molecule has 0 unspecified atom stereocenters. The number of hydrogen-bond acceptors (Lipinski definition) is 6. The number of fused-ring (bicyclic) bond motifs is 2. The van der Waals surface area contributed by atoms with Crippen molar-refractivity contribution in [2.24, 2.45) is 0 Å². The van der Waals surface area contributed by atoms with Crippen molar-refractivity contribution >= 4 is 23.7 Å². The van der Waals surface area contributed by atoms with Crippen molar-refractivity contribution in [2.45, 2.75) is 44.2 Å². The number of imidazole rings is 1. The monoisotopic (exact) mass is 432 g/mol. The van der Waals surface area contributed by atoms with E-state index in [-0.39, 0.29) is 18.0 Å². The van der Waals surface area contributed by atoms with Gasteiger partial charge in [-0.25, -0.2) is 4.98 Å². The minimum absolute atomic E-state index is 0.196. The second-order valence-electron chi connectivity index (χ2n) is 8.00. The summed E-state index contributed by atoms with van der Waals surface area (Å²) in [7, 11) is 0. The summed E-state index contributed by atoms with van der Waals surface area (Å²) in [6, 6.07) is 2.16. The summed E-state index contributed by atoms with van der Waals surface area (Å²) in [6.07, 6.45) is 8.82. The van der Waals surface area contributed by atoms with Crippen LogP contribution in [0.5, 0.6) is 0 Å². The first-order valence-electron chi connectivity index (χ1n) is 10.5. The van der Waals surface area contributed by atoms with Crippen molar-refractivity contribution in [2.75, 3.05) is 32.8 Å². The highest BCUT2D eigenvalue weighted by Gasteiger charge is 2.42. The summed E-state index contributed by atoms with van der Waals surface area (Å²) in [4.78, 5) is 35.2. The number of hydrogen-bond donors (Lipinski definition) is 2. The predicted octanol–water partition coefficient (Wildman–Crippen LogP) is 2.47. The van der Waals surface area contributed by atoms with E-state index in [2.05, 4.69) is 20.9 Å². The Hall–Kier alpha value is -2.23. The molecule has 5 heterocycles. The maximum absolute atomic E-state index is 12.8. The van der Waals surface area contributed by atoms with Gasteiger partial charge in [-0.2, -0.15) is 0 Å². The zero-order chi connectivity index (χ0) is 21.0. The van der Waals surface area contributed by atoms with Crippen LogP contribution in [0.2, 0.25) is 0 Å². The lowest BCUT2D eigenvalue weighted by Gasteiger charge is -2.44. The Balaban J connectivity index is 0.000000687. The third-order valence-corrected chi connectivity index (χ3v) is 7.41. The number of aromatic nitrogens is 2. The molecule has 8 nitrogen and oxygen atoms in total. The van der Waals surface area contributed by atoms with Crippen molar-refractivity contribution in [1.82, 2.24) is 19.8 Å². The molecule has 0 saturated carbocycles. The standard InChI is InChI=1S/C20H26N4O2S.CH2O2/c25-19(24-6-1-2-7-24)18-11-16-17(27-18)3-10-26-20(16)4-8-23(9-5-20)13-15-12-21-14-22-15;2-1-3/h11-12,14H,1-10,13H2,(H,21,22);1H,(H,2,3). The fraction of sp³-hybridized carbons (Fsp3) is 0.571. The molecule has 0 aromatic carbocycles. The molecule has 3 aliphatic heterocycles. The summed E-state index contributed by atoms with van der Waals surface area (Å²) in [5, 5.41) is 6.89. The minimum Gasteiger partial charge on any atom is -0.483 e. The van der Waals surface area contributed by atoms with Crippen molar-refractivity contribution in [1.29, 1.82) is 0 Å². The normalized spacial score (nSPS) is 20.5. The molecule has 2 aromatic heterocycles. The SMILES string of the molecule is O=C(c1cc2c(s1)CCOC21CCN(Cc2cnc[nH]2)CC1)N1CCCC1.O=CO. The average Bonchev–Trinajstić information content (AvgIpc) is 3.52. The van der Waals surface area contributed by atoms with Gasteiger partial charge in [0.1, 0.15) is 0 Å². The van der Waals surface area contributed by atoms with E-state index >= 15 is 0 Å². The molecule has 1 amide bonds. The zero-order valence-electron chi connectivity index (χ0n) is 17.0. The Morgan fingerprint density at radius 2 is 2.03 bits per heavy atom. The van der Waals surface area contributed by atoms with Gasteiger partial charge < -0.3 is 19.7 Å². The molecule has 30 heavy (non-hydrogen) atoms. The first kappa shape index (κ1) is 21.0. The Bertz CT molecular complexity index is 852. The van der Waals surface area contributed by atoms with Crippen molar-refractivity contribution in [3.05, 3.63) is 39.6 Å². The number of H-pyrrole nitrogens is 1. The van der Waals surface area contributed by atoms with Gasteiger partial charge in [0.25, 0.3) is 12.4 Å². The van der Waals surface area contributed by atoms with Gasteiger partial charge in [0, 0.05) is 55.9 Å². The van der Waals surface area contributed by atoms with Crippen LogP contribution in [0.1, 0.15) is 51.5 Å². The maximum atomic E-state index is 12.8. The highest BCUT2D eigenvalue weighted by atomic mass is 32.1. The van der Waals surface area contributed by atoms with Gasteiger partial charge in [-0.05, 0) is 37.3 Å². The van der Waals surface area contributed by atoms with Crippen LogP contribution >= 0.6 is 11.3 Å². The number of thiophene rings is 1. The molecule has 2 aromatic rings. The number of carbonyl (C=O) groups is 2. The number of amides is 1. The molecular formula is C21H28N4O4S. The number of carbonyl (C=O) groups excluding carboxylic acids is 1. The predicted molar refractivity (Wildman–Crippen MR) is 113 cm³/mol. The summed E-state index contributed by atoms with van der Waals surface area (Å²) in [6.45, 7) is 5.25. The first-order chi connectivity index (χ1) is 14.6. The number of ether oxygens (including phenoxy) is 1. The lowest BCUT2D eigenvalue weighted by atomic mass is 9.82.